The zero-order valence-electron chi connectivity index (χ0n) is 8.53. The monoisotopic (exact) mass is 280 g/mol. The summed E-state index contributed by atoms with van der Waals surface area (Å²) in [5.74, 6) is 0.0631. The van der Waals surface area contributed by atoms with Crippen LogP contribution in [0.3, 0.4) is 0 Å². The highest BCUT2D eigenvalue weighted by Crippen LogP contribution is 2.23. The van der Waals surface area contributed by atoms with Gasteiger partial charge in [0, 0.05) is 5.39 Å². The summed E-state index contributed by atoms with van der Waals surface area (Å²) < 4.78 is 5.35. The molecule has 0 unspecified atom stereocenters. The molecule has 0 spiro atoms. The molecular weight excluding hydrogens is 272 g/mol. The number of nitrogens with zero attached hydrogens (tertiary/aromatic N) is 1. The number of halogens is 1. The normalized spacial score (nSPS) is 10.4. The molecule has 0 bridgehead atoms. The van der Waals surface area contributed by atoms with Crippen LogP contribution in [0.15, 0.2) is 28.7 Å². The Balaban J connectivity index is 2.62. The van der Waals surface area contributed by atoms with Gasteiger partial charge in [0.05, 0.1) is 22.7 Å². The van der Waals surface area contributed by atoms with Crippen LogP contribution in [0.1, 0.15) is 10.4 Å². The Labute approximate surface area is 101 Å². The van der Waals surface area contributed by atoms with Gasteiger partial charge in [0.25, 0.3) is 0 Å². The molecule has 0 aliphatic heterocycles. The molecular formula is C11H9BrN2O2. The Bertz CT molecular complexity index is 569. The number of ether oxygens (including phenoxy) is 1. The molecule has 0 radical (unpaired) electrons. The van der Waals surface area contributed by atoms with E-state index < -0.39 is 0 Å². The minimum Gasteiger partial charge on any atom is -0.465 e. The number of fused-ring (bicyclic) bond motifs is 1. The molecule has 1 aromatic carbocycles. The molecule has 0 aliphatic carbocycles. The van der Waals surface area contributed by atoms with Crippen LogP contribution in [0.2, 0.25) is 0 Å². The van der Waals surface area contributed by atoms with E-state index in [4.69, 9.17) is 5.73 Å². The van der Waals surface area contributed by atoms with E-state index in [1.165, 1.54) is 7.11 Å². The molecule has 0 fully saturated rings. The first-order chi connectivity index (χ1) is 7.61. The van der Waals surface area contributed by atoms with Crippen molar-refractivity contribution in [3.63, 3.8) is 0 Å². The third-order valence-corrected chi connectivity index (χ3v) is 2.85. The topological polar surface area (TPSA) is 65.2 Å². The summed E-state index contributed by atoms with van der Waals surface area (Å²) in [7, 11) is 1.35. The Morgan fingerprint density at radius 3 is 2.88 bits per heavy atom. The van der Waals surface area contributed by atoms with Crippen molar-refractivity contribution in [2.75, 3.05) is 12.8 Å². The molecule has 0 saturated heterocycles. The molecule has 0 amide bonds. The first-order valence-corrected chi connectivity index (χ1v) is 5.35. The third kappa shape index (κ3) is 1.86. The summed E-state index contributed by atoms with van der Waals surface area (Å²) in [5, 5.41) is 0.837. The van der Waals surface area contributed by atoms with Gasteiger partial charge in [0.1, 0.15) is 5.82 Å². The van der Waals surface area contributed by atoms with Crippen LogP contribution >= 0.6 is 15.9 Å². The van der Waals surface area contributed by atoms with Crippen molar-refractivity contribution >= 4 is 38.6 Å². The number of benzene rings is 1. The van der Waals surface area contributed by atoms with Crippen molar-refractivity contribution < 1.29 is 9.53 Å². The minimum absolute atomic E-state index is 0.366. The quantitative estimate of drug-likeness (QED) is 0.815. The minimum atomic E-state index is -0.366. The van der Waals surface area contributed by atoms with E-state index in [9.17, 15) is 4.79 Å². The standard InChI is InChI=1S/C11H9BrN2O2/c1-16-11(15)6-2-3-9-7(4-6)5-8(12)10(13)14-9/h2-5H,1H3,(H2,13,14). The molecule has 2 N–H and O–H groups in total. The number of pyridine rings is 1. The van der Waals surface area contributed by atoms with Crippen molar-refractivity contribution in [3.05, 3.63) is 34.3 Å². The second-order valence-corrected chi connectivity index (χ2v) is 4.11. The third-order valence-electron chi connectivity index (χ3n) is 2.22. The number of nitrogen functional groups attached to an aromatic ring is 1. The van der Waals surface area contributed by atoms with Crippen molar-refractivity contribution in [1.82, 2.24) is 4.98 Å². The number of hydrogen-bond acceptors (Lipinski definition) is 4. The van der Waals surface area contributed by atoms with Gasteiger partial charge in [0.2, 0.25) is 0 Å². The first-order valence-electron chi connectivity index (χ1n) is 4.56. The van der Waals surface area contributed by atoms with Gasteiger partial charge in [-0.15, -0.1) is 0 Å². The Morgan fingerprint density at radius 1 is 1.44 bits per heavy atom. The molecule has 82 valence electrons. The zero-order valence-corrected chi connectivity index (χ0v) is 10.1. The molecule has 4 nitrogen and oxygen atoms in total. The highest BCUT2D eigenvalue weighted by molar-refractivity contribution is 9.10. The van der Waals surface area contributed by atoms with Crippen molar-refractivity contribution in [3.8, 4) is 0 Å². The van der Waals surface area contributed by atoms with Gasteiger partial charge < -0.3 is 10.5 Å². The van der Waals surface area contributed by atoms with Crippen LogP contribution in [-0.4, -0.2) is 18.1 Å². The number of nitrogens with two attached hydrogens (primary N) is 1. The fourth-order valence-corrected chi connectivity index (χ4v) is 1.75. The number of aromatic nitrogens is 1. The molecule has 1 aromatic heterocycles. The van der Waals surface area contributed by atoms with E-state index in [1.807, 2.05) is 6.07 Å². The summed E-state index contributed by atoms with van der Waals surface area (Å²) in [6, 6.07) is 6.95. The van der Waals surface area contributed by atoms with Gasteiger partial charge in [0.15, 0.2) is 0 Å². The van der Waals surface area contributed by atoms with Crippen LogP contribution < -0.4 is 5.73 Å². The maximum atomic E-state index is 11.3. The highest BCUT2D eigenvalue weighted by Gasteiger charge is 2.07. The average Bonchev–Trinajstić information content (AvgIpc) is 2.29. The largest absolute Gasteiger partial charge is 0.465 e. The molecule has 16 heavy (non-hydrogen) atoms. The van der Waals surface area contributed by atoms with Crippen LogP contribution in [0, 0.1) is 0 Å². The fourth-order valence-electron chi connectivity index (χ4n) is 1.41. The highest BCUT2D eigenvalue weighted by atomic mass is 79.9. The average molecular weight is 281 g/mol. The first kappa shape index (κ1) is 10.9. The maximum Gasteiger partial charge on any atom is 0.337 e. The Morgan fingerprint density at radius 2 is 2.19 bits per heavy atom. The number of anilines is 1. The lowest BCUT2D eigenvalue weighted by atomic mass is 10.1. The number of esters is 1. The fraction of sp³-hybridized carbons (Fsp3) is 0.0909. The summed E-state index contributed by atoms with van der Waals surface area (Å²) in [6.45, 7) is 0. The number of carbonyl (C=O) groups is 1. The number of carbonyl (C=O) groups excluding carboxylic acids is 1. The van der Waals surface area contributed by atoms with Gasteiger partial charge >= 0.3 is 5.97 Å². The van der Waals surface area contributed by atoms with Crippen molar-refractivity contribution in [2.24, 2.45) is 0 Å². The van der Waals surface area contributed by atoms with Gasteiger partial charge in [-0.25, -0.2) is 9.78 Å². The molecule has 2 aromatic rings. The summed E-state index contributed by atoms with van der Waals surface area (Å²) in [6.07, 6.45) is 0. The van der Waals surface area contributed by atoms with Crippen LogP contribution in [0.25, 0.3) is 10.9 Å². The van der Waals surface area contributed by atoms with E-state index in [0.717, 1.165) is 10.9 Å². The van der Waals surface area contributed by atoms with E-state index in [0.29, 0.717) is 15.9 Å². The maximum absolute atomic E-state index is 11.3. The predicted octanol–water partition coefficient (Wildman–Crippen LogP) is 2.37. The lowest BCUT2D eigenvalue weighted by Crippen LogP contribution is -2.01. The van der Waals surface area contributed by atoms with Crippen LogP contribution in [-0.2, 0) is 4.74 Å². The predicted molar refractivity (Wildman–Crippen MR) is 65.2 cm³/mol. The van der Waals surface area contributed by atoms with Gasteiger partial charge in [-0.05, 0) is 40.2 Å². The van der Waals surface area contributed by atoms with Gasteiger partial charge in [-0.3, -0.25) is 0 Å². The van der Waals surface area contributed by atoms with Crippen molar-refractivity contribution in [2.45, 2.75) is 0 Å². The number of rotatable bonds is 1. The van der Waals surface area contributed by atoms with Crippen molar-refractivity contribution in [1.29, 1.82) is 0 Å². The lowest BCUT2D eigenvalue weighted by molar-refractivity contribution is 0.0601. The second-order valence-electron chi connectivity index (χ2n) is 3.25. The van der Waals surface area contributed by atoms with E-state index in [-0.39, 0.29) is 5.97 Å². The molecule has 0 aliphatic rings. The summed E-state index contributed by atoms with van der Waals surface area (Å²) >= 11 is 3.29. The smallest absolute Gasteiger partial charge is 0.337 e. The molecule has 1 heterocycles. The number of hydrogen-bond donors (Lipinski definition) is 1. The molecule has 5 heteroatoms. The molecule has 0 atom stereocenters. The number of methoxy groups -OCH3 is 1. The van der Waals surface area contributed by atoms with E-state index in [1.54, 1.807) is 18.2 Å². The molecule has 2 rings (SSSR count). The van der Waals surface area contributed by atoms with Gasteiger partial charge in [-0.1, -0.05) is 0 Å². The van der Waals surface area contributed by atoms with E-state index >= 15 is 0 Å². The van der Waals surface area contributed by atoms with E-state index in [2.05, 4.69) is 25.7 Å². The second kappa shape index (κ2) is 4.09. The van der Waals surface area contributed by atoms with Gasteiger partial charge in [-0.2, -0.15) is 0 Å². The SMILES string of the molecule is COC(=O)c1ccc2nc(N)c(Br)cc2c1. The van der Waals surface area contributed by atoms with Crippen LogP contribution in [0.4, 0.5) is 5.82 Å². The summed E-state index contributed by atoms with van der Waals surface area (Å²) in [4.78, 5) is 15.5. The molecule has 0 saturated carbocycles. The Kier molecular flexibility index (Phi) is 2.78. The zero-order chi connectivity index (χ0) is 11.7. The van der Waals surface area contributed by atoms with Crippen LogP contribution in [0.5, 0.6) is 0 Å². The lowest BCUT2D eigenvalue weighted by Gasteiger charge is -2.03. The summed E-state index contributed by atoms with van der Waals surface area (Å²) in [5.41, 5.74) is 6.90. The Hall–Kier alpha value is -1.62.